The van der Waals surface area contributed by atoms with Gasteiger partial charge in [-0.15, -0.1) is 0 Å². The molecule has 9 heteroatoms. The van der Waals surface area contributed by atoms with E-state index in [0.29, 0.717) is 27.8 Å². The quantitative estimate of drug-likeness (QED) is 0.285. The number of aliphatic hydroxyl groups excluding tert-OH is 1. The van der Waals surface area contributed by atoms with Gasteiger partial charge in [0.05, 0.1) is 21.7 Å². The molecule has 0 aliphatic carbocycles. The molecule has 0 saturated carbocycles. The van der Waals surface area contributed by atoms with E-state index in [2.05, 4.69) is 27.0 Å². The zero-order chi connectivity index (χ0) is 26.4. The molecular weight excluding hydrogens is 523 g/mol. The molecule has 2 N–H and O–H groups in total. The maximum absolute atomic E-state index is 11.2. The predicted molar refractivity (Wildman–Crippen MR) is 149 cm³/mol. The average Bonchev–Trinajstić information content (AvgIpc) is 3.32. The maximum Gasteiger partial charge on any atom is 0.125 e. The molecular formula is C29H30Cl2N4O3. The highest BCUT2D eigenvalue weighted by Crippen LogP contribution is 2.46. The number of hydrogen-bond donors (Lipinski definition) is 2. The van der Waals surface area contributed by atoms with Gasteiger partial charge in [0.2, 0.25) is 0 Å². The van der Waals surface area contributed by atoms with Crippen LogP contribution in [0.25, 0.3) is 22.2 Å². The van der Waals surface area contributed by atoms with Crippen molar-refractivity contribution in [2.24, 2.45) is 0 Å². The molecule has 2 aromatic carbocycles. The summed E-state index contributed by atoms with van der Waals surface area (Å²) in [5.74, 6) is 1.43. The topological polar surface area (TPSA) is 83.5 Å². The molecule has 0 bridgehead atoms. The first-order valence-electron chi connectivity index (χ1n) is 13.0. The predicted octanol–water partition coefficient (Wildman–Crippen LogP) is 6.74. The average molecular weight is 553 g/mol. The Kier molecular flexibility index (Phi) is 6.72. The largest absolute Gasteiger partial charge is 0.487 e. The Morgan fingerprint density at radius 1 is 1.16 bits per heavy atom. The molecule has 0 amide bonds. The number of nitrogens with one attached hydrogen (secondary N) is 1. The first kappa shape index (κ1) is 25.4. The van der Waals surface area contributed by atoms with E-state index in [9.17, 15) is 5.11 Å². The van der Waals surface area contributed by atoms with E-state index in [1.54, 1.807) is 12.4 Å². The molecule has 198 valence electrons. The van der Waals surface area contributed by atoms with Crippen LogP contribution in [0.5, 0.6) is 11.5 Å². The third kappa shape index (κ3) is 4.62. The minimum Gasteiger partial charge on any atom is -0.487 e. The summed E-state index contributed by atoms with van der Waals surface area (Å²) in [5, 5.41) is 20.7. The lowest BCUT2D eigenvalue weighted by Gasteiger charge is -2.45. The summed E-state index contributed by atoms with van der Waals surface area (Å²) < 4.78 is 12.8. The number of piperidine rings is 1. The molecule has 4 heterocycles. The molecule has 2 atom stereocenters. The number of halogens is 2. The van der Waals surface area contributed by atoms with Crippen LogP contribution in [0.15, 0.2) is 48.8 Å². The molecule has 1 saturated heterocycles. The Balaban J connectivity index is 1.28. The number of likely N-dealkylation sites (tertiary alicyclic amines) is 1. The number of nitrogens with zero attached hydrogens (tertiary/aromatic N) is 3. The van der Waals surface area contributed by atoms with Crippen LogP contribution in [-0.4, -0.2) is 50.4 Å². The SMILES string of the molecule is CCN1CCC2(CC1)CC(O)c1cc(-c3n[nH]c4ccc(O[C@H](C)c5c(Cl)cncc5Cl)cc34)ccc1O2. The van der Waals surface area contributed by atoms with E-state index < -0.39 is 6.10 Å². The molecule has 6 rings (SSSR count). The van der Waals surface area contributed by atoms with Crippen LogP contribution in [0, 0.1) is 0 Å². The van der Waals surface area contributed by atoms with Gasteiger partial charge in [0, 0.05) is 54.0 Å². The van der Waals surface area contributed by atoms with Gasteiger partial charge < -0.3 is 19.5 Å². The standard InChI is InChI=1S/C29H30Cl2N4O3/c1-3-35-10-8-29(9-11-35)14-25(36)21-12-18(4-7-26(21)38-29)28-20-13-19(5-6-24(20)33-34-28)37-17(2)27-22(30)15-32-16-23(27)31/h4-7,12-13,15-17,25,36H,3,8-11,14H2,1-2H3,(H,33,34)/t17-,25?/m1/s1. The van der Waals surface area contributed by atoms with E-state index in [1.807, 2.05) is 43.3 Å². The van der Waals surface area contributed by atoms with Gasteiger partial charge in [-0.3, -0.25) is 10.1 Å². The van der Waals surface area contributed by atoms with Crippen LogP contribution in [0.1, 0.15) is 56.4 Å². The van der Waals surface area contributed by atoms with Gasteiger partial charge in [0.1, 0.15) is 28.9 Å². The van der Waals surface area contributed by atoms with Crippen LogP contribution in [-0.2, 0) is 0 Å². The maximum atomic E-state index is 11.2. The van der Waals surface area contributed by atoms with Crippen LogP contribution < -0.4 is 9.47 Å². The summed E-state index contributed by atoms with van der Waals surface area (Å²) in [6.07, 6.45) is 4.64. The molecule has 1 fully saturated rings. The number of H-pyrrole nitrogens is 1. The van der Waals surface area contributed by atoms with Crippen LogP contribution in [0.3, 0.4) is 0 Å². The summed E-state index contributed by atoms with van der Waals surface area (Å²) in [5.41, 5.74) is 3.78. The van der Waals surface area contributed by atoms with Gasteiger partial charge in [-0.2, -0.15) is 5.10 Å². The number of aliphatic hydroxyl groups is 1. The van der Waals surface area contributed by atoms with Crippen LogP contribution >= 0.6 is 23.2 Å². The monoisotopic (exact) mass is 552 g/mol. The number of hydrogen-bond acceptors (Lipinski definition) is 6. The lowest BCUT2D eigenvalue weighted by Crippen LogP contribution is -2.50. The third-order valence-electron chi connectivity index (χ3n) is 7.89. The fraction of sp³-hybridized carbons (Fsp3) is 0.379. The zero-order valence-corrected chi connectivity index (χ0v) is 22.9. The molecule has 4 aromatic rings. The summed E-state index contributed by atoms with van der Waals surface area (Å²) in [6, 6.07) is 11.8. The normalized spacial score (nSPS) is 19.8. The Hall–Kier alpha value is -2.84. The van der Waals surface area contributed by atoms with Gasteiger partial charge >= 0.3 is 0 Å². The third-order valence-corrected chi connectivity index (χ3v) is 8.49. The van der Waals surface area contributed by atoms with Gasteiger partial charge in [-0.1, -0.05) is 30.1 Å². The van der Waals surface area contributed by atoms with Crippen molar-refractivity contribution < 1.29 is 14.6 Å². The van der Waals surface area contributed by atoms with E-state index in [4.69, 9.17) is 32.7 Å². The number of pyridine rings is 1. The Bertz CT molecular complexity index is 1460. The first-order chi connectivity index (χ1) is 18.4. The minimum atomic E-state index is -0.577. The van der Waals surface area contributed by atoms with E-state index >= 15 is 0 Å². The molecule has 1 spiro atoms. The van der Waals surface area contributed by atoms with Gasteiger partial charge in [-0.25, -0.2) is 0 Å². The fourth-order valence-corrected chi connectivity index (χ4v) is 6.40. The molecule has 38 heavy (non-hydrogen) atoms. The summed E-state index contributed by atoms with van der Waals surface area (Å²) >= 11 is 12.7. The molecule has 7 nitrogen and oxygen atoms in total. The Morgan fingerprint density at radius 3 is 2.66 bits per heavy atom. The lowest BCUT2D eigenvalue weighted by molar-refractivity contribution is -0.0531. The van der Waals surface area contributed by atoms with Crippen molar-refractivity contribution in [3.63, 3.8) is 0 Å². The van der Waals surface area contributed by atoms with Crippen molar-refractivity contribution in [3.8, 4) is 22.8 Å². The van der Waals surface area contributed by atoms with Crippen LogP contribution in [0.2, 0.25) is 10.0 Å². The second-order valence-corrected chi connectivity index (χ2v) is 11.1. The second-order valence-electron chi connectivity index (χ2n) is 10.2. The zero-order valence-electron chi connectivity index (χ0n) is 21.4. The van der Waals surface area contributed by atoms with Crippen molar-refractivity contribution >= 4 is 34.1 Å². The summed E-state index contributed by atoms with van der Waals surface area (Å²) in [7, 11) is 0. The molecule has 2 aromatic heterocycles. The minimum absolute atomic E-state index is 0.290. The van der Waals surface area contributed by atoms with Crippen molar-refractivity contribution in [2.75, 3.05) is 19.6 Å². The number of ether oxygens (including phenoxy) is 2. The molecule has 1 unspecified atom stereocenters. The van der Waals surface area contributed by atoms with Crippen molar-refractivity contribution in [1.29, 1.82) is 0 Å². The van der Waals surface area contributed by atoms with Gasteiger partial charge in [0.15, 0.2) is 0 Å². The Morgan fingerprint density at radius 2 is 1.92 bits per heavy atom. The second kappa shape index (κ2) is 10.0. The van der Waals surface area contributed by atoms with E-state index in [1.165, 1.54) is 0 Å². The lowest BCUT2D eigenvalue weighted by atomic mass is 9.81. The van der Waals surface area contributed by atoms with Crippen LogP contribution in [0.4, 0.5) is 0 Å². The van der Waals surface area contributed by atoms with Crippen molar-refractivity contribution in [2.45, 2.75) is 50.9 Å². The fourth-order valence-electron chi connectivity index (χ4n) is 5.73. The number of rotatable bonds is 5. The van der Waals surface area contributed by atoms with E-state index in [0.717, 1.165) is 65.9 Å². The van der Waals surface area contributed by atoms with Crippen molar-refractivity contribution in [3.05, 3.63) is 70.0 Å². The van der Waals surface area contributed by atoms with Gasteiger partial charge in [-0.05, 0) is 62.7 Å². The highest BCUT2D eigenvalue weighted by Gasteiger charge is 2.42. The van der Waals surface area contributed by atoms with Crippen molar-refractivity contribution in [1.82, 2.24) is 20.1 Å². The number of fused-ring (bicyclic) bond motifs is 2. The number of aromatic amines is 1. The number of benzene rings is 2. The summed E-state index contributed by atoms with van der Waals surface area (Å²) in [4.78, 5) is 6.45. The first-order valence-corrected chi connectivity index (χ1v) is 13.8. The highest BCUT2D eigenvalue weighted by atomic mass is 35.5. The Labute approximate surface area is 231 Å². The smallest absolute Gasteiger partial charge is 0.125 e. The van der Waals surface area contributed by atoms with Gasteiger partial charge in [0.25, 0.3) is 0 Å². The molecule has 2 aliphatic rings. The van der Waals surface area contributed by atoms with E-state index in [-0.39, 0.29) is 11.7 Å². The summed E-state index contributed by atoms with van der Waals surface area (Å²) in [6.45, 7) is 7.13. The molecule has 2 aliphatic heterocycles. The number of aromatic nitrogens is 3. The highest BCUT2D eigenvalue weighted by molar-refractivity contribution is 6.35. The molecule has 0 radical (unpaired) electrons.